The Balaban J connectivity index is 1.07. The number of likely N-dealkylation sites (tertiary alicyclic amines) is 1. The summed E-state index contributed by atoms with van der Waals surface area (Å²) in [6, 6.07) is 11.8. The maximum atomic E-state index is 12.6. The summed E-state index contributed by atoms with van der Waals surface area (Å²) < 4.78 is 5.60. The van der Waals surface area contributed by atoms with E-state index < -0.39 is 0 Å². The number of nitrogens with one attached hydrogen (secondary N) is 2. The van der Waals surface area contributed by atoms with E-state index in [1.807, 2.05) is 23.1 Å². The molecule has 2 aromatic heterocycles. The Morgan fingerprint density at radius 3 is 2.81 bits per heavy atom. The summed E-state index contributed by atoms with van der Waals surface area (Å²) in [6.45, 7) is 4.78. The zero-order valence-electron chi connectivity index (χ0n) is 18.3. The van der Waals surface area contributed by atoms with Gasteiger partial charge in [0.2, 0.25) is 0 Å². The summed E-state index contributed by atoms with van der Waals surface area (Å²) in [6.07, 6.45) is 6.38. The maximum absolute atomic E-state index is 12.6. The predicted octanol–water partition coefficient (Wildman–Crippen LogP) is 3.88. The summed E-state index contributed by atoms with van der Waals surface area (Å²) in [5, 5.41) is 6.94. The van der Waals surface area contributed by atoms with E-state index in [0.29, 0.717) is 30.4 Å². The van der Waals surface area contributed by atoms with E-state index in [0.717, 1.165) is 43.3 Å². The third kappa shape index (κ3) is 4.20. The van der Waals surface area contributed by atoms with Gasteiger partial charge in [-0.15, -0.1) is 0 Å². The van der Waals surface area contributed by atoms with Crippen molar-refractivity contribution in [3.63, 3.8) is 0 Å². The molecule has 1 spiro atoms. The number of carbonyl (C=O) groups is 2. The van der Waals surface area contributed by atoms with Gasteiger partial charge >= 0.3 is 6.03 Å². The van der Waals surface area contributed by atoms with Gasteiger partial charge in [-0.3, -0.25) is 9.78 Å². The third-order valence-electron chi connectivity index (χ3n) is 6.99. The van der Waals surface area contributed by atoms with Crippen LogP contribution in [0.1, 0.15) is 40.9 Å². The number of aromatic nitrogens is 1. The summed E-state index contributed by atoms with van der Waals surface area (Å²) in [7, 11) is 0. The number of furan rings is 1. The van der Waals surface area contributed by atoms with Gasteiger partial charge in [-0.25, -0.2) is 4.79 Å². The number of nitrogens with zero attached hydrogens (tertiary/aromatic N) is 2. The minimum absolute atomic E-state index is 0.00577. The molecule has 0 radical (unpaired) electrons. The lowest BCUT2D eigenvalue weighted by Crippen LogP contribution is -2.45. The molecule has 1 aliphatic carbocycles. The van der Waals surface area contributed by atoms with E-state index >= 15 is 0 Å². The molecule has 7 heteroatoms. The highest BCUT2D eigenvalue weighted by molar-refractivity contribution is 5.95. The topological polar surface area (TPSA) is 87.5 Å². The number of hydrogen-bond acceptors (Lipinski definition) is 4. The standard InChI is InChI=1S/C25H28N4O3/c1-17-3-2-4-18(11-17)14-28-24(31)29-9-6-25(7-10-29)13-20(25)15-27-23(30)21-12-19-5-8-26-16-22(19)32-21/h2-5,8,11-12,16,20H,6-7,9-10,13-15H2,1H3,(H,27,30)(H,28,31). The highest BCUT2D eigenvalue weighted by Crippen LogP contribution is 2.59. The van der Waals surface area contributed by atoms with Crippen molar-refractivity contribution in [1.82, 2.24) is 20.5 Å². The van der Waals surface area contributed by atoms with Crippen LogP contribution in [0, 0.1) is 18.3 Å². The van der Waals surface area contributed by atoms with Crippen LogP contribution < -0.4 is 10.6 Å². The van der Waals surface area contributed by atoms with Crippen LogP contribution in [0.3, 0.4) is 0 Å². The number of carbonyl (C=O) groups excluding carboxylic acids is 2. The minimum atomic E-state index is -0.184. The number of rotatable bonds is 5. The Morgan fingerprint density at radius 1 is 1.19 bits per heavy atom. The summed E-state index contributed by atoms with van der Waals surface area (Å²) in [4.78, 5) is 31.0. The predicted molar refractivity (Wildman–Crippen MR) is 121 cm³/mol. The van der Waals surface area contributed by atoms with Crippen LogP contribution in [-0.4, -0.2) is 41.5 Å². The second-order valence-corrected chi connectivity index (χ2v) is 9.13. The quantitative estimate of drug-likeness (QED) is 0.641. The normalized spacial score (nSPS) is 19.2. The van der Waals surface area contributed by atoms with E-state index in [9.17, 15) is 9.59 Å². The molecule has 1 aromatic carbocycles. The highest BCUT2D eigenvalue weighted by Gasteiger charge is 2.54. The zero-order chi connectivity index (χ0) is 22.1. The third-order valence-corrected chi connectivity index (χ3v) is 6.99. The van der Waals surface area contributed by atoms with Gasteiger partial charge in [0.1, 0.15) is 0 Å². The van der Waals surface area contributed by atoms with E-state index in [2.05, 4.69) is 34.7 Å². The fourth-order valence-electron chi connectivity index (χ4n) is 4.90. The largest absolute Gasteiger partial charge is 0.449 e. The first-order valence-electron chi connectivity index (χ1n) is 11.2. The molecule has 3 amide bonds. The molecule has 1 aliphatic heterocycles. The van der Waals surface area contributed by atoms with Crippen molar-refractivity contribution in [2.24, 2.45) is 11.3 Å². The molecule has 5 rings (SSSR count). The number of pyridine rings is 1. The number of piperidine rings is 1. The van der Waals surface area contributed by atoms with E-state index in [4.69, 9.17) is 4.42 Å². The summed E-state index contributed by atoms with van der Waals surface area (Å²) in [5.41, 5.74) is 3.19. The van der Waals surface area contributed by atoms with Gasteiger partial charge in [-0.05, 0) is 55.2 Å². The fraction of sp³-hybridized carbons (Fsp3) is 0.400. The lowest BCUT2D eigenvalue weighted by molar-refractivity contribution is 0.0922. The van der Waals surface area contributed by atoms with E-state index in [1.54, 1.807) is 18.5 Å². The van der Waals surface area contributed by atoms with Crippen molar-refractivity contribution < 1.29 is 14.0 Å². The van der Waals surface area contributed by atoms with E-state index in [1.165, 1.54) is 5.56 Å². The Hall–Kier alpha value is -3.35. The van der Waals surface area contributed by atoms with Gasteiger partial charge in [0.05, 0.1) is 6.20 Å². The second kappa shape index (κ2) is 8.30. The number of urea groups is 1. The molecule has 2 aliphatic rings. The molecule has 1 saturated heterocycles. The van der Waals surface area contributed by atoms with Gasteiger partial charge in [0.25, 0.3) is 5.91 Å². The van der Waals surface area contributed by atoms with Crippen molar-refractivity contribution in [3.8, 4) is 0 Å². The van der Waals surface area contributed by atoms with Crippen LogP contribution in [0.15, 0.2) is 53.2 Å². The molecule has 1 saturated carbocycles. The Bertz CT molecular complexity index is 1110. The molecular formula is C25H28N4O3. The van der Waals surface area contributed by atoms with Crippen molar-refractivity contribution in [2.45, 2.75) is 32.7 Å². The monoisotopic (exact) mass is 432 g/mol. The molecule has 1 unspecified atom stereocenters. The zero-order valence-corrected chi connectivity index (χ0v) is 18.3. The van der Waals surface area contributed by atoms with E-state index in [-0.39, 0.29) is 17.4 Å². The molecule has 0 bridgehead atoms. The average molecular weight is 433 g/mol. The number of fused-ring (bicyclic) bond motifs is 1. The van der Waals surface area contributed by atoms with Crippen LogP contribution >= 0.6 is 0 Å². The number of amides is 3. The second-order valence-electron chi connectivity index (χ2n) is 9.13. The lowest BCUT2D eigenvalue weighted by Gasteiger charge is -2.33. The average Bonchev–Trinajstić information content (AvgIpc) is 3.27. The van der Waals surface area contributed by atoms with Gasteiger partial charge in [0.15, 0.2) is 11.3 Å². The van der Waals surface area contributed by atoms with Crippen molar-refractivity contribution in [1.29, 1.82) is 0 Å². The SMILES string of the molecule is Cc1cccc(CNC(=O)N2CCC3(CC2)CC3CNC(=O)c2cc3ccncc3o2)c1. The molecule has 3 heterocycles. The van der Waals surface area contributed by atoms with Gasteiger partial charge < -0.3 is 20.0 Å². The van der Waals surface area contributed by atoms with Crippen molar-refractivity contribution in [3.05, 3.63) is 65.7 Å². The number of benzene rings is 1. The lowest BCUT2D eigenvalue weighted by atomic mass is 9.91. The van der Waals surface area contributed by atoms with Crippen LogP contribution in [-0.2, 0) is 6.54 Å². The summed E-state index contributed by atoms with van der Waals surface area (Å²) in [5.74, 6) is 0.606. The van der Waals surface area contributed by atoms with Crippen molar-refractivity contribution in [2.75, 3.05) is 19.6 Å². The Morgan fingerprint density at radius 2 is 2.03 bits per heavy atom. The Labute approximate surface area is 187 Å². The molecule has 166 valence electrons. The molecule has 2 N–H and O–H groups in total. The molecule has 2 fully saturated rings. The van der Waals surface area contributed by atoms with Crippen LogP contribution in [0.2, 0.25) is 0 Å². The number of aryl methyl sites for hydroxylation is 1. The fourth-order valence-corrected chi connectivity index (χ4v) is 4.90. The smallest absolute Gasteiger partial charge is 0.317 e. The highest BCUT2D eigenvalue weighted by atomic mass is 16.3. The van der Waals surface area contributed by atoms with Gasteiger partial charge in [-0.1, -0.05) is 29.8 Å². The van der Waals surface area contributed by atoms with Crippen molar-refractivity contribution >= 4 is 22.9 Å². The van der Waals surface area contributed by atoms with Gasteiger partial charge in [-0.2, -0.15) is 0 Å². The van der Waals surface area contributed by atoms with Crippen LogP contribution in [0.25, 0.3) is 11.0 Å². The maximum Gasteiger partial charge on any atom is 0.317 e. The Kier molecular flexibility index (Phi) is 5.33. The van der Waals surface area contributed by atoms with Crippen LogP contribution in [0.5, 0.6) is 0 Å². The molecule has 32 heavy (non-hydrogen) atoms. The molecule has 3 aromatic rings. The first-order valence-corrected chi connectivity index (χ1v) is 11.2. The van der Waals surface area contributed by atoms with Gasteiger partial charge in [0, 0.05) is 37.8 Å². The molecular weight excluding hydrogens is 404 g/mol. The number of hydrogen-bond donors (Lipinski definition) is 2. The molecule has 1 atom stereocenters. The molecule has 7 nitrogen and oxygen atoms in total. The summed E-state index contributed by atoms with van der Waals surface area (Å²) >= 11 is 0. The minimum Gasteiger partial charge on any atom is -0.449 e. The first kappa shape index (κ1) is 20.5. The van der Waals surface area contributed by atoms with Crippen LogP contribution in [0.4, 0.5) is 4.79 Å². The first-order chi connectivity index (χ1) is 15.5.